The van der Waals surface area contributed by atoms with Gasteiger partial charge >= 0.3 is 0 Å². The smallest absolute Gasteiger partial charge is 0.143 e. The zero-order valence-electron chi connectivity index (χ0n) is 11.3. The number of ether oxygens (including phenoxy) is 1. The molecule has 0 saturated heterocycles. The summed E-state index contributed by atoms with van der Waals surface area (Å²) >= 11 is 0. The van der Waals surface area contributed by atoms with Gasteiger partial charge in [-0.15, -0.1) is 5.10 Å². The Morgan fingerprint density at radius 2 is 2.10 bits per heavy atom. The van der Waals surface area contributed by atoms with Gasteiger partial charge in [-0.1, -0.05) is 24.3 Å². The van der Waals surface area contributed by atoms with E-state index < -0.39 is 10.8 Å². The first-order valence-electron chi connectivity index (χ1n) is 6.15. The van der Waals surface area contributed by atoms with Crippen molar-refractivity contribution in [2.24, 2.45) is 0 Å². The van der Waals surface area contributed by atoms with Crippen molar-refractivity contribution in [1.29, 1.82) is 0 Å². The second-order valence-electron chi connectivity index (χ2n) is 4.37. The minimum absolute atomic E-state index is 0.140. The van der Waals surface area contributed by atoms with Crippen LogP contribution in [0.15, 0.2) is 41.6 Å². The Balaban J connectivity index is 2.11. The zero-order chi connectivity index (χ0) is 14.8. The topological polar surface area (TPSA) is 95.9 Å². The van der Waals surface area contributed by atoms with Crippen LogP contribution in [-0.4, -0.2) is 31.5 Å². The molecule has 1 atom stereocenters. The fourth-order valence-electron chi connectivity index (χ4n) is 2.16. The second-order valence-corrected chi connectivity index (χ2v) is 5.76. The lowest BCUT2D eigenvalue weighted by molar-refractivity contribution is 0.409. The number of tetrazole rings is 1. The minimum Gasteiger partial charge on any atom is -0.495 e. The van der Waals surface area contributed by atoms with E-state index in [1.165, 1.54) is 11.0 Å². The number of hydrogen-bond donors (Lipinski definition) is 1. The van der Waals surface area contributed by atoms with E-state index >= 15 is 0 Å². The van der Waals surface area contributed by atoms with Gasteiger partial charge in [-0.25, -0.2) is 4.68 Å². The summed E-state index contributed by atoms with van der Waals surface area (Å²) in [5.41, 5.74) is 6.62. The maximum atomic E-state index is 12.5. The highest BCUT2D eigenvalue weighted by molar-refractivity contribution is 7.84. The molecule has 0 aliphatic heterocycles. The number of nitrogens with two attached hydrogens (primary N) is 1. The van der Waals surface area contributed by atoms with Gasteiger partial charge < -0.3 is 10.5 Å². The number of nitrogen functional groups attached to an aromatic ring is 1. The van der Waals surface area contributed by atoms with E-state index in [0.717, 1.165) is 10.8 Å². The second kappa shape index (κ2) is 5.49. The first-order chi connectivity index (χ1) is 10.2. The molecule has 3 rings (SSSR count). The summed E-state index contributed by atoms with van der Waals surface area (Å²) in [6, 6.07) is 9.26. The maximum absolute atomic E-state index is 12.5. The van der Waals surface area contributed by atoms with Gasteiger partial charge in [-0.3, -0.25) is 4.21 Å². The number of fused-ring (bicyclic) bond motifs is 1. The molecule has 2 aromatic carbocycles. The van der Waals surface area contributed by atoms with Gasteiger partial charge in [0, 0.05) is 16.5 Å². The van der Waals surface area contributed by atoms with E-state index in [1.54, 1.807) is 13.2 Å². The van der Waals surface area contributed by atoms with Crippen molar-refractivity contribution in [3.63, 3.8) is 0 Å². The van der Waals surface area contributed by atoms with Crippen molar-refractivity contribution in [2.75, 3.05) is 12.8 Å². The summed E-state index contributed by atoms with van der Waals surface area (Å²) in [5.74, 6) is 0.701. The van der Waals surface area contributed by atoms with Crippen molar-refractivity contribution >= 4 is 27.3 Å². The zero-order valence-corrected chi connectivity index (χ0v) is 12.1. The summed E-state index contributed by atoms with van der Waals surface area (Å²) in [6.45, 7) is 0. The molecule has 8 heteroatoms. The Kier molecular flexibility index (Phi) is 3.53. The molecule has 0 aliphatic rings. The molecule has 2 N–H and O–H groups in total. The number of methoxy groups -OCH3 is 1. The fraction of sp³-hybridized carbons (Fsp3) is 0.154. The van der Waals surface area contributed by atoms with Crippen LogP contribution in [0.3, 0.4) is 0 Å². The number of nitrogens with zero attached hydrogens (tertiary/aromatic N) is 4. The maximum Gasteiger partial charge on any atom is 0.143 e. The fourth-order valence-corrected chi connectivity index (χ4v) is 3.32. The third-order valence-electron chi connectivity index (χ3n) is 3.08. The van der Waals surface area contributed by atoms with Gasteiger partial charge in [0.15, 0.2) is 0 Å². The Morgan fingerprint density at radius 1 is 1.33 bits per heavy atom. The highest BCUT2D eigenvalue weighted by atomic mass is 32.2. The minimum atomic E-state index is -1.38. The first-order valence-corrected chi connectivity index (χ1v) is 7.47. The van der Waals surface area contributed by atoms with Crippen molar-refractivity contribution in [1.82, 2.24) is 20.2 Å². The molecule has 0 spiro atoms. The molecule has 0 radical (unpaired) electrons. The normalized spacial score (nSPS) is 12.4. The van der Waals surface area contributed by atoms with Crippen LogP contribution in [0.5, 0.6) is 5.75 Å². The molecular formula is C13H13N5O2S. The molecule has 0 fully saturated rings. The standard InChI is InChI=1S/C13H13N5O2S/c1-20-13-10-5-3-2-4-9(10)11(14)6-12(13)21(19)8-18-7-15-16-17-18/h2-7H,8,14H2,1H3. The van der Waals surface area contributed by atoms with Gasteiger partial charge in [0.1, 0.15) is 18.0 Å². The van der Waals surface area contributed by atoms with Crippen LogP contribution in [0, 0.1) is 0 Å². The largest absolute Gasteiger partial charge is 0.495 e. The highest BCUT2D eigenvalue weighted by Gasteiger charge is 2.17. The van der Waals surface area contributed by atoms with Gasteiger partial charge in [0.05, 0.1) is 22.8 Å². The number of hydrogen-bond acceptors (Lipinski definition) is 6. The van der Waals surface area contributed by atoms with E-state index in [1.807, 2.05) is 24.3 Å². The molecule has 0 amide bonds. The predicted molar refractivity (Wildman–Crippen MR) is 79.1 cm³/mol. The molecule has 0 saturated carbocycles. The van der Waals surface area contributed by atoms with Crippen LogP contribution in [0.1, 0.15) is 0 Å². The Hall–Kier alpha value is -2.48. The number of rotatable bonds is 4. The van der Waals surface area contributed by atoms with Gasteiger partial charge in [0.2, 0.25) is 0 Å². The van der Waals surface area contributed by atoms with Crippen LogP contribution in [0.4, 0.5) is 5.69 Å². The van der Waals surface area contributed by atoms with E-state index in [4.69, 9.17) is 10.5 Å². The molecule has 7 nitrogen and oxygen atoms in total. The summed E-state index contributed by atoms with van der Waals surface area (Å²) in [7, 11) is 0.176. The lowest BCUT2D eigenvalue weighted by Gasteiger charge is -2.13. The van der Waals surface area contributed by atoms with Crippen LogP contribution in [-0.2, 0) is 16.7 Å². The summed E-state index contributed by atoms with van der Waals surface area (Å²) in [5, 5.41) is 12.5. The molecule has 1 heterocycles. The highest BCUT2D eigenvalue weighted by Crippen LogP contribution is 2.36. The third kappa shape index (κ3) is 2.45. The van der Waals surface area contributed by atoms with Crippen molar-refractivity contribution in [3.8, 4) is 5.75 Å². The van der Waals surface area contributed by atoms with E-state index in [9.17, 15) is 4.21 Å². The van der Waals surface area contributed by atoms with Crippen LogP contribution in [0.2, 0.25) is 0 Å². The van der Waals surface area contributed by atoms with Crippen molar-refractivity contribution in [3.05, 3.63) is 36.7 Å². The molecule has 0 bridgehead atoms. The quantitative estimate of drug-likeness (QED) is 0.727. The molecular weight excluding hydrogens is 290 g/mol. The Bertz CT molecular complexity index is 804. The number of benzene rings is 2. The lowest BCUT2D eigenvalue weighted by atomic mass is 10.1. The molecule has 1 unspecified atom stereocenters. The van der Waals surface area contributed by atoms with Crippen LogP contribution in [0.25, 0.3) is 10.8 Å². The Morgan fingerprint density at radius 3 is 2.76 bits per heavy atom. The average molecular weight is 303 g/mol. The molecule has 1 aromatic heterocycles. The summed E-state index contributed by atoms with van der Waals surface area (Å²) in [4.78, 5) is 0.532. The van der Waals surface area contributed by atoms with Crippen molar-refractivity contribution in [2.45, 2.75) is 10.8 Å². The molecule has 0 aliphatic carbocycles. The van der Waals surface area contributed by atoms with E-state index in [-0.39, 0.29) is 5.88 Å². The third-order valence-corrected chi connectivity index (χ3v) is 4.38. The first kappa shape index (κ1) is 13.5. The van der Waals surface area contributed by atoms with Crippen molar-refractivity contribution < 1.29 is 8.95 Å². The predicted octanol–water partition coefficient (Wildman–Crippen LogP) is 1.18. The monoisotopic (exact) mass is 303 g/mol. The summed E-state index contributed by atoms with van der Waals surface area (Å²) in [6.07, 6.45) is 1.41. The molecule has 21 heavy (non-hydrogen) atoms. The molecule has 3 aromatic rings. The SMILES string of the molecule is COc1c(S(=O)Cn2cnnn2)cc(N)c2ccccc12. The van der Waals surface area contributed by atoms with E-state index in [0.29, 0.717) is 16.3 Å². The average Bonchev–Trinajstić information content (AvgIpc) is 3.00. The lowest BCUT2D eigenvalue weighted by Crippen LogP contribution is -2.08. The summed E-state index contributed by atoms with van der Waals surface area (Å²) < 4.78 is 19.4. The number of anilines is 1. The van der Waals surface area contributed by atoms with Crippen LogP contribution >= 0.6 is 0 Å². The van der Waals surface area contributed by atoms with Gasteiger partial charge in [0.25, 0.3) is 0 Å². The van der Waals surface area contributed by atoms with E-state index in [2.05, 4.69) is 15.5 Å². The number of aromatic nitrogens is 4. The van der Waals surface area contributed by atoms with Gasteiger partial charge in [-0.2, -0.15) is 0 Å². The van der Waals surface area contributed by atoms with Crippen LogP contribution < -0.4 is 10.5 Å². The Labute approximate surface area is 123 Å². The van der Waals surface area contributed by atoms with Gasteiger partial charge in [-0.05, 0) is 16.5 Å². The molecule has 108 valence electrons.